The summed E-state index contributed by atoms with van der Waals surface area (Å²) in [5.41, 5.74) is 3.03. The van der Waals surface area contributed by atoms with Crippen molar-refractivity contribution in [2.45, 2.75) is 26.0 Å². The lowest BCUT2D eigenvalue weighted by molar-refractivity contribution is 0.202. The van der Waals surface area contributed by atoms with Gasteiger partial charge in [0.25, 0.3) is 0 Å². The van der Waals surface area contributed by atoms with E-state index in [9.17, 15) is 0 Å². The molecule has 1 aromatic carbocycles. The molecule has 1 aliphatic heterocycles. The van der Waals surface area contributed by atoms with Crippen molar-refractivity contribution in [3.63, 3.8) is 0 Å². The Morgan fingerprint density at radius 2 is 2.42 bits per heavy atom. The minimum absolute atomic E-state index is 0.0690. The molecule has 4 nitrogen and oxygen atoms in total. The lowest BCUT2D eigenvalue weighted by Crippen LogP contribution is -2.21. The lowest BCUT2D eigenvalue weighted by atomic mass is 10.1. The maximum absolute atomic E-state index is 8.78. The average Bonchev–Trinajstić information content (AvgIpc) is 2.96. The van der Waals surface area contributed by atoms with Gasteiger partial charge in [0.05, 0.1) is 22.8 Å². The van der Waals surface area contributed by atoms with Crippen LogP contribution in [0.5, 0.6) is 5.75 Å². The van der Waals surface area contributed by atoms with Gasteiger partial charge < -0.3 is 4.74 Å². The number of ether oxygens (including phenoxy) is 1. The Morgan fingerprint density at radius 1 is 1.58 bits per heavy atom. The molecule has 2 heterocycles. The van der Waals surface area contributed by atoms with E-state index in [4.69, 9.17) is 10.00 Å². The zero-order chi connectivity index (χ0) is 13.4. The summed E-state index contributed by atoms with van der Waals surface area (Å²) in [6.07, 6.45) is 4.26. The second kappa shape index (κ2) is 4.71. The SMILES string of the molecule is Cc1cc(Br)c2c(c1)CC(Cn1cc(C#N)cn1)O2. The van der Waals surface area contributed by atoms with Crippen molar-refractivity contribution < 1.29 is 4.74 Å². The summed E-state index contributed by atoms with van der Waals surface area (Å²) < 4.78 is 8.71. The Balaban J connectivity index is 1.77. The summed E-state index contributed by atoms with van der Waals surface area (Å²) in [7, 11) is 0. The van der Waals surface area contributed by atoms with E-state index in [1.807, 2.05) is 0 Å². The van der Waals surface area contributed by atoms with Crippen LogP contribution < -0.4 is 4.74 Å². The number of fused-ring (bicyclic) bond motifs is 1. The quantitative estimate of drug-likeness (QED) is 0.855. The molecule has 0 amide bonds. The number of benzene rings is 1. The number of nitrogens with zero attached hydrogens (tertiary/aromatic N) is 3. The summed E-state index contributed by atoms with van der Waals surface area (Å²) >= 11 is 3.54. The second-order valence-corrected chi connectivity index (χ2v) is 5.60. The van der Waals surface area contributed by atoms with E-state index in [1.165, 1.54) is 11.1 Å². The van der Waals surface area contributed by atoms with Crippen LogP contribution in [-0.2, 0) is 13.0 Å². The van der Waals surface area contributed by atoms with Gasteiger partial charge in [-0.25, -0.2) is 0 Å². The van der Waals surface area contributed by atoms with Crippen LogP contribution >= 0.6 is 15.9 Å². The summed E-state index contributed by atoms with van der Waals surface area (Å²) in [4.78, 5) is 0. The molecule has 0 aliphatic carbocycles. The predicted octanol–water partition coefficient (Wildman–Crippen LogP) is 2.83. The van der Waals surface area contributed by atoms with Crippen LogP contribution in [0.2, 0.25) is 0 Å². The van der Waals surface area contributed by atoms with Crippen molar-refractivity contribution in [1.29, 1.82) is 5.26 Å². The minimum atomic E-state index is 0.0690. The first kappa shape index (κ1) is 12.2. The highest BCUT2D eigenvalue weighted by Gasteiger charge is 2.25. The zero-order valence-electron chi connectivity index (χ0n) is 10.4. The molecule has 1 aromatic heterocycles. The van der Waals surface area contributed by atoms with Gasteiger partial charge in [0.2, 0.25) is 0 Å². The molecule has 1 aliphatic rings. The first-order valence-corrected chi connectivity index (χ1v) is 6.83. The van der Waals surface area contributed by atoms with Gasteiger partial charge in [-0.2, -0.15) is 10.4 Å². The molecular weight excluding hydrogens is 306 g/mol. The van der Waals surface area contributed by atoms with Gasteiger partial charge in [0.15, 0.2) is 0 Å². The van der Waals surface area contributed by atoms with E-state index in [2.05, 4.69) is 46.2 Å². The number of nitriles is 1. The summed E-state index contributed by atoms with van der Waals surface area (Å²) in [5.74, 6) is 0.934. The first-order chi connectivity index (χ1) is 9.15. The van der Waals surface area contributed by atoms with E-state index in [0.717, 1.165) is 16.6 Å². The van der Waals surface area contributed by atoms with Crippen LogP contribution in [0.15, 0.2) is 29.0 Å². The van der Waals surface area contributed by atoms with E-state index in [0.29, 0.717) is 12.1 Å². The molecule has 0 spiro atoms. The Bertz CT molecular complexity index is 672. The third-order valence-corrected chi connectivity index (χ3v) is 3.74. The highest BCUT2D eigenvalue weighted by Crippen LogP contribution is 2.37. The van der Waals surface area contributed by atoms with E-state index >= 15 is 0 Å². The van der Waals surface area contributed by atoms with Crippen LogP contribution in [-0.4, -0.2) is 15.9 Å². The minimum Gasteiger partial charge on any atom is -0.487 e. The average molecular weight is 318 g/mol. The van der Waals surface area contributed by atoms with Crippen molar-refractivity contribution >= 4 is 15.9 Å². The molecule has 0 fully saturated rings. The molecule has 3 rings (SSSR count). The van der Waals surface area contributed by atoms with Gasteiger partial charge in [-0.1, -0.05) is 6.07 Å². The molecule has 0 saturated heterocycles. The lowest BCUT2D eigenvalue weighted by Gasteiger charge is -2.11. The predicted molar refractivity (Wildman–Crippen MR) is 73.9 cm³/mol. The Morgan fingerprint density at radius 3 is 3.16 bits per heavy atom. The molecule has 96 valence electrons. The van der Waals surface area contributed by atoms with Gasteiger partial charge in [0, 0.05) is 12.6 Å². The van der Waals surface area contributed by atoms with Gasteiger partial charge in [0.1, 0.15) is 17.9 Å². The number of hydrogen-bond acceptors (Lipinski definition) is 3. The van der Waals surface area contributed by atoms with Crippen LogP contribution in [0.4, 0.5) is 0 Å². The third-order valence-electron chi connectivity index (χ3n) is 3.15. The molecule has 0 radical (unpaired) electrons. The molecule has 1 atom stereocenters. The maximum atomic E-state index is 8.78. The maximum Gasteiger partial charge on any atom is 0.137 e. The van der Waals surface area contributed by atoms with Crippen molar-refractivity contribution in [3.8, 4) is 11.8 Å². The fourth-order valence-corrected chi connectivity index (χ4v) is 3.08. The largest absolute Gasteiger partial charge is 0.487 e. The number of aromatic nitrogens is 2. The van der Waals surface area contributed by atoms with Crippen molar-refractivity contribution in [2.75, 3.05) is 0 Å². The van der Waals surface area contributed by atoms with Crippen molar-refractivity contribution in [2.24, 2.45) is 0 Å². The molecule has 1 unspecified atom stereocenters. The fourth-order valence-electron chi connectivity index (χ4n) is 2.37. The van der Waals surface area contributed by atoms with Crippen molar-refractivity contribution in [1.82, 2.24) is 9.78 Å². The normalized spacial score (nSPS) is 16.8. The Kier molecular flexibility index (Phi) is 3.03. The molecule has 0 bridgehead atoms. The summed E-state index contributed by atoms with van der Waals surface area (Å²) in [6.45, 7) is 2.73. The summed E-state index contributed by atoms with van der Waals surface area (Å²) in [6, 6.07) is 6.29. The highest BCUT2D eigenvalue weighted by molar-refractivity contribution is 9.10. The number of aryl methyl sites for hydroxylation is 1. The number of halogens is 1. The smallest absolute Gasteiger partial charge is 0.137 e. The highest BCUT2D eigenvalue weighted by atomic mass is 79.9. The molecule has 5 heteroatoms. The third kappa shape index (κ3) is 2.36. The Labute approximate surface area is 119 Å². The fraction of sp³-hybridized carbons (Fsp3) is 0.286. The molecular formula is C14H12BrN3O. The van der Waals surface area contributed by atoms with E-state index in [-0.39, 0.29) is 6.10 Å². The van der Waals surface area contributed by atoms with Crippen LogP contribution in [0.3, 0.4) is 0 Å². The van der Waals surface area contributed by atoms with Crippen molar-refractivity contribution in [3.05, 3.63) is 45.7 Å². The van der Waals surface area contributed by atoms with Crippen LogP contribution in [0.25, 0.3) is 0 Å². The standard InChI is InChI=1S/C14H12BrN3O/c1-9-2-11-4-12(19-14(11)13(15)3-9)8-18-7-10(5-16)6-17-18/h2-3,6-7,12H,4,8H2,1H3. The van der Waals surface area contributed by atoms with E-state index in [1.54, 1.807) is 17.1 Å². The zero-order valence-corrected chi connectivity index (χ0v) is 12.0. The number of rotatable bonds is 2. The van der Waals surface area contributed by atoms with Gasteiger partial charge in [-0.15, -0.1) is 0 Å². The first-order valence-electron chi connectivity index (χ1n) is 6.04. The molecule has 19 heavy (non-hydrogen) atoms. The van der Waals surface area contributed by atoms with Crippen LogP contribution in [0.1, 0.15) is 16.7 Å². The topological polar surface area (TPSA) is 50.8 Å². The molecule has 2 aromatic rings. The Hall–Kier alpha value is -1.80. The monoisotopic (exact) mass is 317 g/mol. The molecule has 0 saturated carbocycles. The second-order valence-electron chi connectivity index (χ2n) is 4.74. The van der Waals surface area contributed by atoms with Gasteiger partial charge >= 0.3 is 0 Å². The van der Waals surface area contributed by atoms with Gasteiger partial charge in [-0.3, -0.25) is 4.68 Å². The van der Waals surface area contributed by atoms with Crippen LogP contribution in [0, 0.1) is 18.3 Å². The summed E-state index contributed by atoms with van der Waals surface area (Å²) in [5, 5.41) is 12.9. The molecule has 0 N–H and O–H groups in total. The van der Waals surface area contributed by atoms with Gasteiger partial charge in [-0.05, 0) is 40.0 Å². The van der Waals surface area contributed by atoms with E-state index < -0.39 is 0 Å². The number of hydrogen-bond donors (Lipinski definition) is 0.